The molecule has 4 rings (SSSR count). The predicted molar refractivity (Wildman–Crippen MR) is 88.6 cm³/mol. The molecule has 2 nitrogen and oxygen atoms in total. The first kappa shape index (κ1) is 14.7. The Morgan fingerprint density at radius 2 is 1.78 bits per heavy atom. The first-order valence-electron chi connectivity index (χ1n) is 7.55. The van der Waals surface area contributed by atoms with E-state index < -0.39 is 11.6 Å². The number of benzene rings is 2. The number of hydrogen-bond donors (Lipinski definition) is 2. The lowest BCUT2D eigenvalue weighted by atomic mass is 9.75. The lowest BCUT2D eigenvalue weighted by Gasteiger charge is -2.33. The van der Waals surface area contributed by atoms with Crippen LogP contribution in [0.25, 0.3) is 22.2 Å². The van der Waals surface area contributed by atoms with Gasteiger partial charge in [-0.05, 0) is 48.1 Å². The van der Waals surface area contributed by atoms with E-state index in [-0.39, 0.29) is 12.0 Å². The van der Waals surface area contributed by atoms with Crippen LogP contribution in [0.15, 0.2) is 36.4 Å². The number of rotatable bonds is 2. The normalized spacial score (nSPS) is 20.7. The second-order valence-electron chi connectivity index (χ2n) is 6.16. The van der Waals surface area contributed by atoms with Gasteiger partial charge in [-0.3, -0.25) is 0 Å². The first-order valence-corrected chi connectivity index (χ1v) is 7.93. The zero-order chi connectivity index (χ0) is 16.1. The molecule has 0 unspecified atom stereocenters. The SMILES string of the molecule is NC1CC(c2c(-c3ccc(Cl)cc3)[nH]c3c(F)cc(F)cc23)C1. The topological polar surface area (TPSA) is 41.8 Å². The van der Waals surface area contributed by atoms with Gasteiger partial charge in [0.25, 0.3) is 0 Å². The van der Waals surface area contributed by atoms with E-state index >= 15 is 0 Å². The third kappa shape index (κ3) is 2.42. The van der Waals surface area contributed by atoms with Crippen LogP contribution >= 0.6 is 11.6 Å². The van der Waals surface area contributed by atoms with Crippen molar-refractivity contribution in [3.8, 4) is 11.3 Å². The van der Waals surface area contributed by atoms with Gasteiger partial charge in [-0.1, -0.05) is 23.7 Å². The van der Waals surface area contributed by atoms with Gasteiger partial charge < -0.3 is 10.7 Å². The summed E-state index contributed by atoms with van der Waals surface area (Å²) in [5.74, 6) is -0.933. The Morgan fingerprint density at radius 3 is 2.43 bits per heavy atom. The van der Waals surface area contributed by atoms with Crippen LogP contribution in [-0.4, -0.2) is 11.0 Å². The standard InChI is InChI=1S/C18H15ClF2N2/c19-11-3-1-9(2-4-11)17-16(10-5-13(22)6-10)14-7-12(20)8-15(21)18(14)23-17/h1-4,7-8,10,13,23H,5-6,22H2. The van der Waals surface area contributed by atoms with Crippen molar-refractivity contribution in [1.29, 1.82) is 0 Å². The molecular weight excluding hydrogens is 318 g/mol. The van der Waals surface area contributed by atoms with Crippen LogP contribution in [0, 0.1) is 11.6 Å². The lowest BCUT2D eigenvalue weighted by Crippen LogP contribution is -2.34. The molecule has 0 atom stereocenters. The summed E-state index contributed by atoms with van der Waals surface area (Å²) in [4.78, 5) is 3.13. The highest BCUT2D eigenvalue weighted by molar-refractivity contribution is 6.30. The van der Waals surface area contributed by atoms with E-state index in [1.54, 1.807) is 12.1 Å². The van der Waals surface area contributed by atoms with Crippen LogP contribution in [0.3, 0.4) is 0 Å². The molecule has 23 heavy (non-hydrogen) atoms. The van der Waals surface area contributed by atoms with E-state index in [9.17, 15) is 8.78 Å². The molecule has 0 spiro atoms. The zero-order valence-corrected chi connectivity index (χ0v) is 13.0. The fourth-order valence-corrected chi connectivity index (χ4v) is 3.53. The maximum absolute atomic E-state index is 14.2. The fraction of sp³-hybridized carbons (Fsp3) is 0.222. The molecule has 0 bridgehead atoms. The smallest absolute Gasteiger partial charge is 0.150 e. The minimum Gasteiger partial charge on any atom is -0.352 e. The lowest BCUT2D eigenvalue weighted by molar-refractivity contribution is 0.354. The van der Waals surface area contributed by atoms with Gasteiger partial charge in [-0.15, -0.1) is 0 Å². The maximum atomic E-state index is 14.2. The molecule has 0 saturated heterocycles. The molecule has 3 N–H and O–H groups in total. The summed E-state index contributed by atoms with van der Waals surface area (Å²) < 4.78 is 27.9. The monoisotopic (exact) mass is 332 g/mol. The van der Waals surface area contributed by atoms with Gasteiger partial charge >= 0.3 is 0 Å². The van der Waals surface area contributed by atoms with Crippen LogP contribution < -0.4 is 5.73 Å². The van der Waals surface area contributed by atoms with Crippen LogP contribution in [0.4, 0.5) is 8.78 Å². The van der Waals surface area contributed by atoms with E-state index in [1.807, 2.05) is 12.1 Å². The molecular formula is C18H15ClF2N2. The number of hydrogen-bond acceptors (Lipinski definition) is 1. The van der Waals surface area contributed by atoms with E-state index in [4.69, 9.17) is 17.3 Å². The Bertz CT molecular complexity index is 880. The predicted octanol–water partition coefficient (Wildman–Crippen LogP) is 4.97. The fourth-order valence-electron chi connectivity index (χ4n) is 3.41. The van der Waals surface area contributed by atoms with Gasteiger partial charge in [0.1, 0.15) is 11.6 Å². The Morgan fingerprint density at radius 1 is 1.09 bits per heavy atom. The Labute approximate surface area is 137 Å². The van der Waals surface area contributed by atoms with Gasteiger partial charge in [-0.25, -0.2) is 8.78 Å². The highest BCUT2D eigenvalue weighted by Crippen LogP contribution is 2.45. The summed E-state index contributed by atoms with van der Waals surface area (Å²) in [6, 6.07) is 9.79. The molecule has 1 fully saturated rings. The number of fused-ring (bicyclic) bond motifs is 1. The van der Waals surface area contributed by atoms with Gasteiger partial charge in [0.05, 0.1) is 11.2 Å². The number of H-pyrrole nitrogens is 1. The highest BCUT2D eigenvalue weighted by Gasteiger charge is 2.32. The third-order valence-electron chi connectivity index (χ3n) is 4.58. The first-order chi connectivity index (χ1) is 11.0. The summed E-state index contributed by atoms with van der Waals surface area (Å²) in [5.41, 5.74) is 8.92. The van der Waals surface area contributed by atoms with Gasteiger partial charge in [-0.2, -0.15) is 0 Å². The molecule has 3 aromatic rings. The van der Waals surface area contributed by atoms with Gasteiger partial charge in [0.2, 0.25) is 0 Å². The van der Waals surface area contributed by atoms with Gasteiger partial charge in [0, 0.05) is 22.5 Å². The Kier molecular flexibility index (Phi) is 3.39. The maximum Gasteiger partial charge on any atom is 0.150 e. The van der Waals surface area contributed by atoms with E-state index in [0.717, 1.165) is 35.7 Å². The van der Waals surface area contributed by atoms with Crippen molar-refractivity contribution in [2.24, 2.45) is 5.73 Å². The van der Waals surface area contributed by atoms with Crippen molar-refractivity contribution in [1.82, 2.24) is 4.98 Å². The minimum atomic E-state index is -0.579. The molecule has 5 heteroatoms. The average molecular weight is 333 g/mol. The highest BCUT2D eigenvalue weighted by atomic mass is 35.5. The number of nitrogens with two attached hydrogens (primary N) is 1. The van der Waals surface area contributed by atoms with E-state index in [0.29, 0.717) is 15.9 Å². The molecule has 118 valence electrons. The second kappa shape index (κ2) is 5.32. The molecule has 0 aliphatic heterocycles. The molecule has 1 heterocycles. The van der Waals surface area contributed by atoms with Crippen LogP contribution in [-0.2, 0) is 0 Å². The van der Waals surface area contributed by atoms with Crippen molar-refractivity contribution in [3.63, 3.8) is 0 Å². The largest absolute Gasteiger partial charge is 0.352 e. The molecule has 0 amide bonds. The molecule has 1 aliphatic carbocycles. The molecule has 1 saturated carbocycles. The zero-order valence-electron chi connectivity index (χ0n) is 12.2. The minimum absolute atomic E-state index is 0.154. The van der Waals surface area contributed by atoms with E-state index in [1.165, 1.54) is 6.07 Å². The summed E-state index contributed by atoms with van der Waals surface area (Å²) >= 11 is 5.95. The van der Waals surface area contributed by atoms with Crippen molar-refractivity contribution in [2.45, 2.75) is 24.8 Å². The third-order valence-corrected chi connectivity index (χ3v) is 4.83. The van der Waals surface area contributed by atoms with Crippen molar-refractivity contribution in [3.05, 3.63) is 58.6 Å². The Balaban J connectivity index is 1.97. The summed E-state index contributed by atoms with van der Waals surface area (Å²) in [5, 5.41) is 1.23. The summed E-state index contributed by atoms with van der Waals surface area (Å²) in [7, 11) is 0. The van der Waals surface area contributed by atoms with Crippen molar-refractivity contribution >= 4 is 22.5 Å². The molecule has 1 aliphatic rings. The Hall–Kier alpha value is -1.91. The average Bonchev–Trinajstić information content (AvgIpc) is 2.84. The molecule has 0 radical (unpaired) electrons. The quantitative estimate of drug-likeness (QED) is 0.683. The summed E-state index contributed by atoms with van der Waals surface area (Å²) in [6.45, 7) is 0. The molecule has 1 aromatic heterocycles. The number of nitrogens with one attached hydrogen (secondary N) is 1. The number of halogens is 3. The van der Waals surface area contributed by atoms with Crippen LogP contribution in [0.1, 0.15) is 24.3 Å². The van der Waals surface area contributed by atoms with E-state index in [2.05, 4.69) is 4.98 Å². The summed E-state index contributed by atoms with van der Waals surface area (Å²) in [6.07, 6.45) is 1.65. The van der Waals surface area contributed by atoms with Crippen LogP contribution in [0.5, 0.6) is 0 Å². The van der Waals surface area contributed by atoms with Gasteiger partial charge in [0.15, 0.2) is 0 Å². The number of aromatic nitrogens is 1. The van der Waals surface area contributed by atoms with Crippen molar-refractivity contribution < 1.29 is 8.78 Å². The van der Waals surface area contributed by atoms with Crippen molar-refractivity contribution in [2.75, 3.05) is 0 Å². The number of aromatic amines is 1. The second-order valence-corrected chi connectivity index (χ2v) is 6.60. The molecule has 2 aromatic carbocycles. The van der Waals surface area contributed by atoms with Crippen LogP contribution in [0.2, 0.25) is 5.02 Å².